The van der Waals surface area contributed by atoms with Crippen LogP contribution in [0.15, 0.2) is 38.8 Å². The van der Waals surface area contributed by atoms with Crippen LogP contribution in [-0.2, 0) is 11.3 Å². The van der Waals surface area contributed by atoms with Crippen LogP contribution in [0.2, 0.25) is 0 Å². The molecule has 1 aliphatic carbocycles. The number of hydrogen-bond acceptors (Lipinski definition) is 7. The maximum absolute atomic E-state index is 13.0. The Balaban J connectivity index is 1.22. The largest absolute Gasteiger partial charge is 0.573 e. The highest BCUT2D eigenvalue weighted by Gasteiger charge is 2.43. The van der Waals surface area contributed by atoms with Gasteiger partial charge < -0.3 is 18.9 Å². The zero-order valence-corrected chi connectivity index (χ0v) is 21.0. The van der Waals surface area contributed by atoms with E-state index in [0.29, 0.717) is 17.8 Å². The number of halogens is 4. The van der Waals surface area contributed by atoms with Crippen LogP contribution in [0, 0.1) is 0 Å². The lowest BCUT2D eigenvalue weighted by molar-refractivity contribution is -0.274. The molecule has 0 radical (unpaired) electrons. The number of alkyl halides is 3. The molecule has 35 heavy (non-hydrogen) atoms. The second kappa shape index (κ2) is 9.08. The summed E-state index contributed by atoms with van der Waals surface area (Å²) < 4.78 is 56.2. The molecule has 2 saturated heterocycles. The van der Waals surface area contributed by atoms with E-state index in [9.17, 15) is 13.2 Å². The Morgan fingerprint density at radius 2 is 1.86 bits per heavy atom. The number of rotatable bonds is 7. The van der Waals surface area contributed by atoms with Crippen molar-refractivity contribution in [3.8, 4) is 17.0 Å². The molecule has 3 fully saturated rings. The van der Waals surface area contributed by atoms with E-state index in [0.717, 1.165) is 59.6 Å². The molecule has 2 bridgehead atoms. The Morgan fingerprint density at radius 3 is 2.51 bits per heavy atom. The zero-order chi connectivity index (χ0) is 24.2. The Bertz CT molecular complexity index is 1200. The van der Waals surface area contributed by atoms with Crippen LogP contribution in [0.3, 0.4) is 0 Å². The predicted molar refractivity (Wildman–Crippen MR) is 128 cm³/mol. The molecule has 0 unspecified atom stereocenters. The summed E-state index contributed by atoms with van der Waals surface area (Å²) in [5.74, 6) is 0.666. The van der Waals surface area contributed by atoms with Gasteiger partial charge in [-0.3, -0.25) is 0 Å². The molecule has 4 heterocycles. The lowest BCUT2D eigenvalue weighted by Crippen LogP contribution is -2.45. The lowest BCUT2D eigenvalue weighted by atomic mass is 10.00. The van der Waals surface area contributed by atoms with Crippen LogP contribution in [0.25, 0.3) is 11.3 Å². The molecule has 0 N–H and O–H groups in total. The first-order chi connectivity index (χ1) is 16.9. The van der Waals surface area contributed by atoms with Crippen molar-refractivity contribution in [2.45, 2.75) is 75.6 Å². The Morgan fingerprint density at radius 1 is 1.11 bits per heavy atom. The third kappa shape index (κ3) is 4.82. The van der Waals surface area contributed by atoms with Crippen molar-refractivity contribution in [3.05, 3.63) is 45.6 Å². The minimum Gasteiger partial charge on any atom is -0.405 e. The van der Waals surface area contributed by atoms with Gasteiger partial charge in [0.2, 0.25) is 0 Å². The summed E-state index contributed by atoms with van der Waals surface area (Å²) in [6.45, 7) is 0.248. The average Bonchev–Trinajstić information content (AvgIpc) is 3.33. The zero-order valence-electron chi connectivity index (χ0n) is 18.6. The molecular weight excluding hydrogens is 547 g/mol. The number of nitrogens with zero attached hydrogens (tertiary/aromatic N) is 3. The van der Waals surface area contributed by atoms with E-state index in [4.69, 9.17) is 9.26 Å². The van der Waals surface area contributed by atoms with Crippen molar-refractivity contribution < 1.29 is 27.2 Å². The molecule has 0 spiro atoms. The third-order valence-corrected chi connectivity index (χ3v) is 8.54. The van der Waals surface area contributed by atoms with Gasteiger partial charge >= 0.3 is 6.36 Å². The van der Waals surface area contributed by atoms with Gasteiger partial charge in [-0.15, -0.1) is 24.5 Å². The third-order valence-electron chi connectivity index (χ3n) is 6.97. The molecule has 186 valence electrons. The highest BCUT2D eigenvalue weighted by molar-refractivity contribution is 9.10. The van der Waals surface area contributed by atoms with Crippen LogP contribution in [-0.4, -0.2) is 34.7 Å². The van der Waals surface area contributed by atoms with Crippen LogP contribution >= 0.6 is 27.3 Å². The Kier molecular flexibility index (Phi) is 6.04. The highest BCUT2D eigenvalue weighted by Crippen LogP contribution is 2.46. The summed E-state index contributed by atoms with van der Waals surface area (Å²) in [7, 11) is 0. The standard InChI is InChI=1S/C24H23BrF3N3O3S/c25-20-12-35-23(29-20)31-14-7-8-15(31)10-16(9-14)32-11-18-21(30-34-22(18)13-5-6-13)17-3-1-2-4-19(17)33-24(26,27)28/h1-4,12-16H,5-11H2/t14-,15+,16-. The van der Waals surface area contributed by atoms with Crippen molar-refractivity contribution in [1.29, 1.82) is 0 Å². The number of benzene rings is 1. The van der Waals surface area contributed by atoms with Crippen molar-refractivity contribution in [3.63, 3.8) is 0 Å². The van der Waals surface area contributed by atoms with E-state index in [1.807, 2.05) is 5.38 Å². The number of ether oxygens (including phenoxy) is 2. The second-order valence-corrected chi connectivity index (χ2v) is 11.0. The molecule has 6 rings (SSSR count). The van der Waals surface area contributed by atoms with E-state index >= 15 is 0 Å². The van der Waals surface area contributed by atoms with E-state index < -0.39 is 6.36 Å². The van der Waals surface area contributed by atoms with Crippen LogP contribution in [0.4, 0.5) is 18.3 Å². The van der Waals surface area contributed by atoms with E-state index in [1.54, 1.807) is 23.5 Å². The molecule has 3 aliphatic rings. The minimum absolute atomic E-state index is 0.0589. The maximum atomic E-state index is 13.0. The first kappa shape index (κ1) is 23.3. The van der Waals surface area contributed by atoms with E-state index in [-0.39, 0.29) is 29.9 Å². The van der Waals surface area contributed by atoms with Gasteiger partial charge in [-0.05, 0) is 66.6 Å². The number of fused-ring (bicyclic) bond motifs is 2. The summed E-state index contributed by atoms with van der Waals surface area (Å²) in [6.07, 6.45) is 1.22. The molecule has 3 aromatic rings. The first-order valence-electron chi connectivity index (χ1n) is 11.7. The summed E-state index contributed by atoms with van der Waals surface area (Å²) >= 11 is 5.10. The van der Waals surface area contributed by atoms with Crippen molar-refractivity contribution in [2.24, 2.45) is 0 Å². The van der Waals surface area contributed by atoms with Gasteiger partial charge in [-0.1, -0.05) is 17.3 Å². The summed E-state index contributed by atoms with van der Waals surface area (Å²) in [6, 6.07) is 6.80. The Hall–Kier alpha value is -2.11. The minimum atomic E-state index is -4.80. The van der Waals surface area contributed by atoms with Gasteiger partial charge in [0.25, 0.3) is 0 Å². The number of thiazole rings is 1. The molecule has 11 heteroatoms. The van der Waals surface area contributed by atoms with Gasteiger partial charge in [-0.25, -0.2) is 4.98 Å². The van der Waals surface area contributed by atoms with Gasteiger partial charge in [0.1, 0.15) is 21.8 Å². The normalized spacial score (nSPS) is 24.2. The summed E-state index contributed by atoms with van der Waals surface area (Å²) in [5, 5.41) is 7.22. The Labute approximate surface area is 212 Å². The van der Waals surface area contributed by atoms with Crippen molar-refractivity contribution in [2.75, 3.05) is 4.90 Å². The molecule has 1 aromatic carbocycles. The number of piperidine rings is 1. The van der Waals surface area contributed by atoms with Crippen LogP contribution < -0.4 is 9.64 Å². The molecule has 0 amide bonds. The molecule has 2 aliphatic heterocycles. The number of para-hydroxylation sites is 1. The second-order valence-electron chi connectivity index (χ2n) is 9.34. The summed E-state index contributed by atoms with van der Waals surface area (Å²) in [4.78, 5) is 7.04. The number of aromatic nitrogens is 2. The van der Waals surface area contributed by atoms with Crippen molar-refractivity contribution >= 4 is 32.4 Å². The molecule has 2 aromatic heterocycles. The number of anilines is 1. The fourth-order valence-corrected chi connectivity index (χ4v) is 6.75. The molecule has 6 nitrogen and oxygen atoms in total. The van der Waals surface area contributed by atoms with E-state index in [2.05, 4.69) is 35.7 Å². The van der Waals surface area contributed by atoms with Gasteiger partial charge in [0, 0.05) is 34.5 Å². The fourth-order valence-electron chi connectivity index (χ4n) is 5.36. The topological polar surface area (TPSA) is 60.6 Å². The highest BCUT2D eigenvalue weighted by atomic mass is 79.9. The van der Waals surface area contributed by atoms with Crippen LogP contribution in [0.1, 0.15) is 55.8 Å². The molecule has 3 atom stereocenters. The maximum Gasteiger partial charge on any atom is 0.573 e. The van der Waals surface area contributed by atoms with Crippen molar-refractivity contribution in [1.82, 2.24) is 10.1 Å². The lowest BCUT2D eigenvalue weighted by Gasteiger charge is -2.38. The SMILES string of the molecule is FC(F)(F)Oc1ccccc1-c1noc(C2CC2)c1CO[C@@H]1C[C@H]2CC[C@@H](C1)N2c1nc(Br)cs1. The monoisotopic (exact) mass is 569 g/mol. The molecular formula is C24H23BrF3N3O3S. The van der Waals surface area contributed by atoms with Gasteiger partial charge in [-0.2, -0.15) is 0 Å². The van der Waals surface area contributed by atoms with Crippen LogP contribution in [0.5, 0.6) is 5.75 Å². The van der Waals surface area contributed by atoms with E-state index in [1.165, 1.54) is 12.1 Å². The van der Waals surface area contributed by atoms with Gasteiger partial charge in [0.05, 0.1) is 12.7 Å². The predicted octanol–water partition coefficient (Wildman–Crippen LogP) is 7.05. The quantitative estimate of drug-likeness (QED) is 0.303. The number of hydrogen-bond donors (Lipinski definition) is 0. The fraction of sp³-hybridized carbons (Fsp3) is 0.500. The first-order valence-corrected chi connectivity index (χ1v) is 13.4. The van der Waals surface area contributed by atoms with Gasteiger partial charge in [0.15, 0.2) is 5.13 Å². The molecule has 1 saturated carbocycles. The smallest absolute Gasteiger partial charge is 0.405 e. The average molecular weight is 570 g/mol. The summed E-state index contributed by atoms with van der Waals surface area (Å²) in [5.41, 5.74) is 1.34.